The van der Waals surface area contributed by atoms with E-state index in [-0.39, 0.29) is 11.7 Å². The molecule has 0 radical (unpaired) electrons. The molecule has 1 aliphatic heterocycles. The summed E-state index contributed by atoms with van der Waals surface area (Å²) in [6.07, 6.45) is 0.996. The van der Waals surface area contributed by atoms with Crippen molar-refractivity contribution in [2.75, 3.05) is 14.2 Å². The Hall–Kier alpha value is -3.05. The van der Waals surface area contributed by atoms with E-state index in [1.54, 1.807) is 19.2 Å². The van der Waals surface area contributed by atoms with Crippen LogP contribution in [0.4, 0.5) is 0 Å². The Bertz CT molecular complexity index is 1100. The SMILES string of the molecule is COC(=O)C1=C(C)NC2=C(C(=O)C[C@@H](c3ccccc3OC)C2)[C@H]1c1ccc(Cl)cc1. The van der Waals surface area contributed by atoms with Gasteiger partial charge in [-0.1, -0.05) is 41.9 Å². The topological polar surface area (TPSA) is 64.6 Å². The minimum atomic E-state index is -0.493. The maximum Gasteiger partial charge on any atom is 0.336 e. The van der Waals surface area contributed by atoms with Crippen molar-refractivity contribution >= 4 is 23.4 Å². The van der Waals surface area contributed by atoms with Crippen LogP contribution in [0, 0.1) is 0 Å². The second-order valence-electron chi connectivity index (χ2n) is 7.80. The largest absolute Gasteiger partial charge is 0.496 e. The summed E-state index contributed by atoms with van der Waals surface area (Å²) in [6.45, 7) is 1.84. The number of hydrogen-bond donors (Lipinski definition) is 1. The molecule has 5 nitrogen and oxygen atoms in total. The predicted molar refractivity (Wildman–Crippen MR) is 119 cm³/mol. The summed E-state index contributed by atoms with van der Waals surface area (Å²) in [5.74, 6) is -0.160. The molecule has 0 aromatic heterocycles. The first-order valence-electron chi connectivity index (χ1n) is 10.1. The molecule has 0 spiro atoms. The van der Waals surface area contributed by atoms with Crippen LogP contribution >= 0.6 is 11.6 Å². The van der Waals surface area contributed by atoms with Crippen LogP contribution in [0.5, 0.6) is 5.75 Å². The average Bonchev–Trinajstić information content (AvgIpc) is 2.78. The van der Waals surface area contributed by atoms with Crippen molar-refractivity contribution in [3.63, 3.8) is 0 Å². The standard InChI is InChI=1S/C25H24ClNO4/c1-14-22(25(29)31-3)23(15-8-10-17(26)11-9-15)24-19(27-14)12-16(13-20(24)28)18-6-4-5-7-21(18)30-2/h4-11,16,23,27H,12-13H2,1-3H3/t16-,23-/m0/s1. The smallest absolute Gasteiger partial charge is 0.336 e. The monoisotopic (exact) mass is 437 g/mol. The van der Waals surface area contributed by atoms with Crippen LogP contribution in [-0.2, 0) is 14.3 Å². The number of ether oxygens (including phenoxy) is 2. The molecule has 1 N–H and O–H groups in total. The Morgan fingerprint density at radius 1 is 1.06 bits per heavy atom. The van der Waals surface area contributed by atoms with E-state index >= 15 is 0 Å². The summed E-state index contributed by atoms with van der Waals surface area (Å²) in [5.41, 5.74) is 4.46. The first-order chi connectivity index (χ1) is 14.9. The molecule has 2 aromatic carbocycles. The fourth-order valence-corrected chi connectivity index (χ4v) is 4.76. The molecule has 0 saturated carbocycles. The zero-order valence-electron chi connectivity index (χ0n) is 17.7. The van der Waals surface area contributed by atoms with E-state index in [1.807, 2.05) is 43.3 Å². The van der Waals surface area contributed by atoms with Crippen molar-refractivity contribution in [1.82, 2.24) is 5.32 Å². The van der Waals surface area contributed by atoms with Gasteiger partial charge in [-0.2, -0.15) is 0 Å². The first kappa shape index (κ1) is 21.2. The molecule has 0 unspecified atom stereocenters. The molecule has 1 heterocycles. The third-order valence-electron chi connectivity index (χ3n) is 6.01. The van der Waals surface area contributed by atoms with Crippen LogP contribution in [-0.4, -0.2) is 26.0 Å². The van der Waals surface area contributed by atoms with Crippen LogP contribution in [0.1, 0.15) is 42.7 Å². The van der Waals surface area contributed by atoms with Gasteiger partial charge in [0, 0.05) is 40.2 Å². The number of carbonyl (C=O) groups excluding carboxylic acids is 2. The highest BCUT2D eigenvalue weighted by molar-refractivity contribution is 6.30. The van der Waals surface area contributed by atoms with Gasteiger partial charge < -0.3 is 14.8 Å². The van der Waals surface area contributed by atoms with Crippen molar-refractivity contribution in [3.8, 4) is 5.75 Å². The van der Waals surface area contributed by atoms with E-state index in [1.165, 1.54) is 7.11 Å². The number of methoxy groups -OCH3 is 2. The van der Waals surface area contributed by atoms with Gasteiger partial charge in [-0.05, 0) is 42.7 Å². The molecule has 0 saturated heterocycles. The zero-order valence-corrected chi connectivity index (χ0v) is 18.5. The van der Waals surface area contributed by atoms with Crippen LogP contribution in [0.25, 0.3) is 0 Å². The molecular formula is C25H24ClNO4. The van der Waals surface area contributed by atoms with Crippen molar-refractivity contribution in [1.29, 1.82) is 0 Å². The average molecular weight is 438 g/mol. The number of carbonyl (C=O) groups is 2. The number of esters is 1. The number of benzene rings is 2. The van der Waals surface area contributed by atoms with E-state index in [4.69, 9.17) is 21.1 Å². The van der Waals surface area contributed by atoms with Gasteiger partial charge in [-0.25, -0.2) is 4.79 Å². The number of para-hydroxylation sites is 1. The zero-order chi connectivity index (χ0) is 22.1. The Labute approximate surface area is 186 Å². The molecule has 2 aliphatic rings. The Morgan fingerprint density at radius 3 is 2.45 bits per heavy atom. The van der Waals surface area contributed by atoms with E-state index < -0.39 is 11.9 Å². The molecule has 0 fully saturated rings. The maximum absolute atomic E-state index is 13.5. The second kappa shape index (κ2) is 8.60. The maximum atomic E-state index is 13.5. The van der Waals surface area contributed by atoms with Crippen LogP contribution in [0.2, 0.25) is 5.02 Å². The summed E-state index contributed by atoms with van der Waals surface area (Å²) in [5, 5.41) is 3.93. The van der Waals surface area contributed by atoms with Gasteiger partial charge in [0.15, 0.2) is 5.78 Å². The van der Waals surface area contributed by atoms with Gasteiger partial charge in [-0.3, -0.25) is 4.79 Å². The predicted octanol–water partition coefficient (Wildman–Crippen LogP) is 4.88. The highest BCUT2D eigenvalue weighted by Gasteiger charge is 2.41. The van der Waals surface area contributed by atoms with Gasteiger partial charge in [-0.15, -0.1) is 0 Å². The Morgan fingerprint density at radius 2 is 1.77 bits per heavy atom. The van der Waals surface area contributed by atoms with Gasteiger partial charge in [0.25, 0.3) is 0 Å². The summed E-state index contributed by atoms with van der Waals surface area (Å²) in [6, 6.07) is 15.1. The van der Waals surface area contributed by atoms with Gasteiger partial charge in [0.05, 0.1) is 19.8 Å². The minimum absolute atomic E-state index is 0.00626. The molecule has 160 valence electrons. The molecule has 4 rings (SSSR count). The number of ketones is 1. The Balaban J connectivity index is 1.81. The number of allylic oxidation sites excluding steroid dienone is 3. The van der Waals surface area contributed by atoms with Crippen molar-refractivity contribution in [2.45, 2.75) is 31.6 Å². The number of Topliss-reactive ketones (excluding diaryl/α,β-unsaturated/α-hetero) is 1. The number of hydrogen-bond acceptors (Lipinski definition) is 5. The summed E-state index contributed by atoms with van der Waals surface area (Å²) in [7, 11) is 2.99. The third-order valence-corrected chi connectivity index (χ3v) is 6.27. The highest BCUT2D eigenvalue weighted by atomic mass is 35.5. The molecule has 0 bridgehead atoms. The molecule has 0 amide bonds. The van der Waals surface area contributed by atoms with E-state index in [0.29, 0.717) is 34.7 Å². The van der Waals surface area contributed by atoms with Crippen molar-refractivity contribution in [3.05, 3.63) is 87.2 Å². The lowest BCUT2D eigenvalue weighted by atomic mass is 9.71. The third kappa shape index (κ3) is 3.86. The van der Waals surface area contributed by atoms with Gasteiger partial charge in [0.1, 0.15) is 5.75 Å². The normalized spacial score (nSPS) is 20.8. The van der Waals surface area contributed by atoms with Crippen molar-refractivity contribution in [2.24, 2.45) is 0 Å². The number of rotatable bonds is 4. The second-order valence-corrected chi connectivity index (χ2v) is 8.24. The quantitative estimate of drug-likeness (QED) is 0.690. The summed E-state index contributed by atoms with van der Waals surface area (Å²) >= 11 is 6.08. The molecule has 2 aromatic rings. The van der Waals surface area contributed by atoms with E-state index in [0.717, 1.165) is 22.6 Å². The summed E-state index contributed by atoms with van der Waals surface area (Å²) in [4.78, 5) is 26.2. The van der Waals surface area contributed by atoms with Gasteiger partial charge in [0.2, 0.25) is 0 Å². The lowest BCUT2D eigenvalue weighted by molar-refractivity contribution is -0.136. The fraction of sp³-hybridized carbons (Fsp3) is 0.280. The Kier molecular flexibility index (Phi) is 5.88. The van der Waals surface area contributed by atoms with Crippen LogP contribution < -0.4 is 10.1 Å². The lowest BCUT2D eigenvalue weighted by Gasteiger charge is -2.36. The number of halogens is 1. The minimum Gasteiger partial charge on any atom is -0.496 e. The summed E-state index contributed by atoms with van der Waals surface area (Å²) < 4.78 is 10.6. The number of dihydropyridines is 1. The molecule has 2 atom stereocenters. The molecule has 31 heavy (non-hydrogen) atoms. The van der Waals surface area contributed by atoms with Gasteiger partial charge >= 0.3 is 5.97 Å². The highest BCUT2D eigenvalue weighted by Crippen LogP contribution is 2.46. The molecule has 1 aliphatic carbocycles. The molecule has 6 heteroatoms. The molecular weight excluding hydrogens is 414 g/mol. The number of nitrogens with one attached hydrogen (secondary N) is 1. The lowest BCUT2D eigenvalue weighted by Crippen LogP contribution is -2.36. The van der Waals surface area contributed by atoms with E-state index in [2.05, 4.69) is 5.32 Å². The first-order valence-corrected chi connectivity index (χ1v) is 10.5. The van der Waals surface area contributed by atoms with Crippen molar-refractivity contribution < 1.29 is 19.1 Å². The van der Waals surface area contributed by atoms with E-state index in [9.17, 15) is 9.59 Å². The van der Waals surface area contributed by atoms with Crippen LogP contribution in [0.3, 0.4) is 0 Å². The van der Waals surface area contributed by atoms with Crippen LogP contribution in [0.15, 0.2) is 71.1 Å². The fourth-order valence-electron chi connectivity index (χ4n) is 4.63.